The first-order valence-electron chi connectivity index (χ1n) is 8.05. The summed E-state index contributed by atoms with van der Waals surface area (Å²) in [5, 5.41) is 12.0. The number of hydrogen-bond donors (Lipinski definition) is 1. The fourth-order valence-electron chi connectivity index (χ4n) is 3.01. The van der Waals surface area contributed by atoms with Crippen LogP contribution in [0.5, 0.6) is 0 Å². The number of nitriles is 1. The van der Waals surface area contributed by atoms with Gasteiger partial charge in [-0.15, -0.1) is 0 Å². The fraction of sp³-hybridized carbons (Fsp3) is 0.588. The van der Waals surface area contributed by atoms with Crippen molar-refractivity contribution in [3.05, 3.63) is 29.3 Å². The molecule has 24 heavy (non-hydrogen) atoms. The summed E-state index contributed by atoms with van der Waals surface area (Å²) in [6.45, 7) is 3.54. The normalized spacial score (nSPS) is 17.0. The molecule has 0 unspecified atom stereocenters. The van der Waals surface area contributed by atoms with E-state index in [0.29, 0.717) is 18.3 Å². The van der Waals surface area contributed by atoms with Gasteiger partial charge >= 0.3 is 6.18 Å². The number of hydrogen-bond acceptors (Lipinski definition) is 4. The first-order valence-corrected chi connectivity index (χ1v) is 8.05. The molecule has 0 bridgehead atoms. The van der Waals surface area contributed by atoms with Gasteiger partial charge in [-0.2, -0.15) is 18.4 Å². The van der Waals surface area contributed by atoms with Crippen molar-refractivity contribution in [2.75, 3.05) is 45.6 Å². The molecular weight excluding hydrogens is 317 g/mol. The molecule has 1 heterocycles. The number of alkyl halides is 3. The number of rotatable bonds is 5. The highest BCUT2D eigenvalue weighted by Gasteiger charge is 2.33. The van der Waals surface area contributed by atoms with Crippen LogP contribution in [-0.2, 0) is 6.18 Å². The third kappa shape index (κ3) is 4.86. The highest BCUT2D eigenvalue weighted by molar-refractivity contribution is 5.53. The third-order valence-electron chi connectivity index (χ3n) is 4.49. The van der Waals surface area contributed by atoms with E-state index in [1.54, 1.807) is 6.07 Å². The topological polar surface area (TPSA) is 42.3 Å². The largest absolute Gasteiger partial charge is 0.417 e. The first kappa shape index (κ1) is 18.6. The lowest BCUT2D eigenvalue weighted by molar-refractivity contribution is -0.137. The van der Waals surface area contributed by atoms with Crippen molar-refractivity contribution in [1.29, 1.82) is 5.26 Å². The molecule has 0 amide bonds. The maximum atomic E-state index is 12.8. The van der Waals surface area contributed by atoms with Crippen LogP contribution in [0.1, 0.15) is 24.0 Å². The van der Waals surface area contributed by atoms with E-state index in [-0.39, 0.29) is 5.56 Å². The molecule has 1 saturated heterocycles. The van der Waals surface area contributed by atoms with Gasteiger partial charge in [0.25, 0.3) is 0 Å². The highest BCUT2D eigenvalue weighted by atomic mass is 19.4. The van der Waals surface area contributed by atoms with Crippen molar-refractivity contribution in [3.63, 3.8) is 0 Å². The number of piperidine rings is 1. The van der Waals surface area contributed by atoms with E-state index in [9.17, 15) is 13.2 Å². The lowest BCUT2D eigenvalue weighted by atomic mass is 10.0. The van der Waals surface area contributed by atoms with Crippen molar-refractivity contribution in [3.8, 4) is 6.07 Å². The Labute approximate surface area is 140 Å². The van der Waals surface area contributed by atoms with Crippen LogP contribution < -0.4 is 5.32 Å². The molecule has 2 rings (SSSR count). The van der Waals surface area contributed by atoms with Crippen LogP contribution in [0.25, 0.3) is 0 Å². The Morgan fingerprint density at radius 1 is 1.29 bits per heavy atom. The summed E-state index contributed by atoms with van der Waals surface area (Å²) in [7, 11) is 4.19. The Balaban J connectivity index is 1.84. The quantitative estimate of drug-likeness (QED) is 0.895. The van der Waals surface area contributed by atoms with Crippen LogP contribution in [-0.4, -0.2) is 56.1 Å². The average molecular weight is 340 g/mol. The van der Waals surface area contributed by atoms with Gasteiger partial charge in [0, 0.05) is 24.8 Å². The Morgan fingerprint density at radius 2 is 1.96 bits per heavy atom. The maximum absolute atomic E-state index is 12.8. The van der Waals surface area contributed by atoms with E-state index < -0.39 is 11.7 Å². The number of nitrogens with zero attached hydrogens (tertiary/aromatic N) is 3. The van der Waals surface area contributed by atoms with Crippen LogP contribution in [0.4, 0.5) is 18.9 Å². The minimum Gasteiger partial charge on any atom is -0.384 e. The zero-order chi connectivity index (χ0) is 17.7. The van der Waals surface area contributed by atoms with Gasteiger partial charge in [0.05, 0.1) is 17.2 Å². The number of benzene rings is 1. The molecule has 0 radical (unpaired) electrons. The molecule has 1 aliphatic heterocycles. The summed E-state index contributed by atoms with van der Waals surface area (Å²) < 4.78 is 38.3. The van der Waals surface area contributed by atoms with E-state index in [4.69, 9.17) is 5.26 Å². The van der Waals surface area contributed by atoms with Gasteiger partial charge in [0.15, 0.2) is 0 Å². The van der Waals surface area contributed by atoms with Crippen molar-refractivity contribution in [2.45, 2.75) is 25.1 Å². The smallest absolute Gasteiger partial charge is 0.384 e. The molecule has 0 aliphatic carbocycles. The monoisotopic (exact) mass is 340 g/mol. The van der Waals surface area contributed by atoms with E-state index >= 15 is 0 Å². The second kappa shape index (κ2) is 7.86. The van der Waals surface area contributed by atoms with Gasteiger partial charge in [0.1, 0.15) is 0 Å². The maximum Gasteiger partial charge on any atom is 0.417 e. The van der Waals surface area contributed by atoms with Crippen LogP contribution in [0.3, 0.4) is 0 Å². The zero-order valence-corrected chi connectivity index (χ0v) is 14.0. The highest BCUT2D eigenvalue weighted by Crippen LogP contribution is 2.32. The molecule has 0 aromatic heterocycles. The predicted molar refractivity (Wildman–Crippen MR) is 87.8 cm³/mol. The van der Waals surface area contributed by atoms with Crippen LogP contribution in [0.15, 0.2) is 18.2 Å². The standard InChI is InChI=1S/C17H23F3N4/c1-23(2)15-5-8-24(9-6-15)10-7-22-14-3-4-16(17(18,19)20)13(11-14)12-21/h3-4,11,15,22H,5-10H2,1-2H3. The molecule has 0 saturated carbocycles. The number of anilines is 1. The molecule has 1 aromatic rings. The fourth-order valence-corrected chi connectivity index (χ4v) is 3.01. The Bertz CT molecular complexity index is 584. The first-order chi connectivity index (χ1) is 11.3. The van der Waals surface area contributed by atoms with Gasteiger partial charge in [-0.1, -0.05) is 0 Å². The molecule has 132 valence electrons. The Hall–Kier alpha value is -1.78. The molecule has 4 nitrogen and oxygen atoms in total. The van der Waals surface area contributed by atoms with E-state index in [2.05, 4.69) is 29.2 Å². The molecular formula is C17H23F3N4. The van der Waals surface area contributed by atoms with Crippen LogP contribution in [0.2, 0.25) is 0 Å². The summed E-state index contributed by atoms with van der Waals surface area (Å²) in [4.78, 5) is 4.60. The van der Waals surface area contributed by atoms with Crippen molar-refractivity contribution in [2.24, 2.45) is 0 Å². The van der Waals surface area contributed by atoms with E-state index in [0.717, 1.165) is 38.5 Å². The second-order valence-corrected chi connectivity index (χ2v) is 6.33. The van der Waals surface area contributed by atoms with Crippen LogP contribution >= 0.6 is 0 Å². The molecule has 7 heteroatoms. The summed E-state index contributed by atoms with van der Waals surface area (Å²) in [5.74, 6) is 0. The van der Waals surface area contributed by atoms with E-state index in [1.165, 1.54) is 12.1 Å². The predicted octanol–water partition coefficient (Wildman–Crippen LogP) is 3.01. The summed E-state index contributed by atoms with van der Waals surface area (Å²) >= 11 is 0. The minimum atomic E-state index is -4.50. The lowest BCUT2D eigenvalue weighted by Crippen LogP contribution is -2.43. The molecule has 1 aromatic carbocycles. The average Bonchev–Trinajstić information content (AvgIpc) is 2.54. The SMILES string of the molecule is CN(C)C1CCN(CCNc2ccc(C(F)(F)F)c(C#N)c2)CC1. The zero-order valence-electron chi connectivity index (χ0n) is 14.0. The van der Waals surface area contributed by atoms with Crippen LogP contribution in [0, 0.1) is 11.3 Å². The second-order valence-electron chi connectivity index (χ2n) is 6.33. The van der Waals surface area contributed by atoms with Gasteiger partial charge in [-0.25, -0.2) is 0 Å². The van der Waals surface area contributed by atoms with Crippen molar-refractivity contribution >= 4 is 5.69 Å². The van der Waals surface area contributed by atoms with E-state index in [1.807, 2.05) is 0 Å². The Morgan fingerprint density at radius 3 is 2.50 bits per heavy atom. The van der Waals surface area contributed by atoms with Gasteiger partial charge < -0.3 is 15.1 Å². The van der Waals surface area contributed by atoms with Gasteiger partial charge in [0.2, 0.25) is 0 Å². The lowest BCUT2D eigenvalue weighted by Gasteiger charge is -2.35. The number of nitrogens with one attached hydrogen (secondary N) is 1. The summed E-state index contributed by atoms with van der Waals surface area (Å²) in [5.41, 5.74) is -0.691. The Kier molecular flexibility index (Phi) is 6.08. The summed E-state index contributed by atoms with van der Waals surface area (Å²) in [6.07, 6.45) is -2.24. The van der Waals surface area contributed by atoms with Gasteiger partial charge in [-0.3, -0.25) is 0 Å². The van der Waals surface area contributed by atoms with Crippen molar-refractivity contribution < 1.29 is 13.2 Å². The minimum absolute atomic E-state index is 0.348. The van der Waals surface area contributed by atoms with Crippen molar-refractivity contribution in [1.82, 2.24) is 9.80 Å². The number of halogens is 3. The molecule has 1 fully saturated rings. The molecule has 0 atom stereocenters. The van der Waals surface area contributed by atoms with Gasteiger partial charge in [-0.05, 0) is 58.2 Å². The summed E-state index contributed by atoms with van der Waals surface area (Å²) in [6, 6.07) is 5.85. The molecule has 0 spiro atoms. The third-order valence-corrected chi connectivity index (χ3v) is 4.49. The molecule has 1 N–H and O–H groups in total. The molecule has 1 aliphatic rings. The number of likely N-dealkylation sites (tertiary alicyclic amines) is 1.